The first kappa shape index (κ1) is 13.8. The van der Waals surface area contributed by atoms with Gasteiger partial charge < -0.3 is 4.90 Å². The molecule has 2 heterocycles. The highest BCUT2D eigenvalue weighted by Gasteiger charge is 2.34. The minimum absolute atomic E-state index is 0.258. The fourth-order valence-corrected chi connectivity index (χ4v) is 3.79. The molecule has 0 saturated carbocycles. The molecule has 0 N–H and O–H groups in total. The van der Waals surface area contributed by atoms with Crippen LogP contribution in [0.1, 0.15) is 29.6 Å². The van der Waals surface area contributed by atoms with Gasteiger partial charge in [-0.25, -0.2) is 0 Å². The SMILES string of the molecule is CN1CCCC2CN(CC(=O)c3ccccc3)CCC21. The normalized spacial score (nSPS) is 28.1. The van der Waals surface area contributed by atoms with E-state index in [1.165, 1.54) is 25.8 Å². The summed E-state index contributed by atoms with van der Waals surface area (Å²) in [6, 6.07) is 10.4. The van der Waals surface area contributed by atoms with Gasteiger partial charge in [0.25, 0.3) is 0 Å². The van der Waals surface area contributed by atoms with Crippen LogP contribution in [0.3, 0.4) is 0 Å². The summed E-state index contributed by atoms with van der Waals surface area (Å²) in [5.74, 6) is 1.01. The Kier molecular flexibility index (Phi) is 4.18. The Labute approximate surface area is 121 Å². The van der Waals surface area contributed by atoms with Gasteiger partial charge in [-0.1, -0.05) is 30.3 Å². The van der Waals surface area contributed by atoms with E-state index in [1.807, 2.05) is 30.3 Å². The van der Waals surface area contributed by atoms with Crippen LogP contribution in [0.2, 0.25) is 0 Å². The van der Waals surface area contributed by atoms with Gasteiger partial charge in [0.15, 0.2) is 5.78 Å². The van der Waals surface area contributed by atoms with E-state index in [0.29, 0.717) is 6.54 Å². The number of carbonyl (C=O) groups is 1. The van der Waals surface area contributed by atoms with Crippen LogP contribution in [0.15, 0.2) is 30.3 Å². The number of Topliss-reactive ketones (excluding diaryl/α,β-unsaturated/α-hetero) is 1. The maximum atomic E-state index is 12.3. The quantitative estimate of drug-likeness (QED) is 0.789. The van der Waals surface area contributed by atoms with Crippen LogP contribution in [0, 0.1) is 5.92 Å². The number of carbonyl (C=O) groups excluding carboxylic acids is 1. The molecule has 1 aromatic carbocycles. The third-order valence-electron chi connectivity index (χ3n) is 4.89. The lowest BCUT2D eigenvalue weighted by molar-refractivity contribution is 0.0378. The van der Waals surface area contributed by atoms with Crippen molar-refractivity contribution in [2.75, 3.05) is 33.2 Å². The second-order valence-corrected chi connectivity index (χ2v) is 6.26. The number of likely N-dealkylation sites (tertiary alicyclic amines) is 2. The van der Waals surface area contributed by atoms with E-state index in [-0.39, 0.29) is 5.78 Å². The molecule has 0 aliphatic carbocycles. The number of fused-ring (bicyclic) bond motifs is 1. The fraction of sp³-hybridized carbons (Fsp3) is 0.588. The average Bonchev–Trinajstić information content (AvgIpc) is 2.48. The second-order valence-electron chi connectivity index (χ2n) is 6.26. The first-order valence-corrected chi connectivity index (χ1v) is 7.75. The van der Waals surface area contributed by atoms with E-state index in [2.05, 4.69) is 16.8 Å². The third kappa shape index (κ3) is 2.94. The van der Waals surface area contributed by atoms with Crippen LogP contribution in [-0.4, -0.2) is 54.9 Å². The molecule has 0 radical (unpaired) electrons. The van der Waals surface area contributed by atoms with Crippen molar-refractivity contribution in [1.82, 2.24) is 9.80 Å². The van der Waals surface area contributed by atoms with E-state index < -0.39 is 0 Å². The smallest absolute Gasteiger partial charge is 0.176 e. The van der Waals surface area contributed by atoms with Crippen molar-refractivity contribution in [1.29, 1.82) is 0 Å². The minimum Gasteiger partial charge on any atom is -0.303 e. The molecule has 0 spiro atoms. The number of rotatable bonds is 3. The molecular formula is C17H24N2O. The van der Waals surface area contributed by atoms with Crippen LogP contribution in [0.4, 0.5) is 0 Å². The van der Waals surface area contributed by atoms with E-state index in [9.17, 15) is 4.79 Å². The molecule has 2 unspecified atom stereocenters. The van der Waals surface area contributed by atoms with Crippen LogP contribution in [-0.2, 0) is 0 Å². The molecular weight excluding hydrogens is 248 g/mol. The van der Waals surface area contributed by atoms with Gasteiger partial charge in [0.1, 0.15) is 0 Å². The zero-order chi connectivity index (χ0) is 13.9. The van der Waals surface area contributed by atoms with Crippen molar-refractivity contribution in [3.8, 4) is 0 Å². The van der Waals surface area contributed by atoms with Gasteiger partial charge in [-0.15, -0.1) is 0 Å². The Balaban J connectivity index is 1.58. The second kappa shape index (κ2) is 6.06. The van der Waals surface area contributed by atoms with Crippen molar-refractivity contribution >= 4 is 5.78 Å². The molecule has 1 aromatic rings. The largest absolute Gasteiger partial charge is 0.303 e. The monoisotopic (exact) mass is 272 g/mol. The summed E-state index contributed by atoms with van der Waals surface area (Å²) in [6.45, 7) is 3.97. The first-order valence-electron chi connectivity index (χ1n) is 7.75. The molecule has 3 rings (SSSR count). The summed E-state index contributed by atoms with van der Waals surface area (Å²) in [5, 5.41) is 0. The van der Waals surface area contributed by atoms with Gasteiger partial charge in [-0.05, 0) is 38.8 Å². The Hall–Kier alpha value is -1.19. The molecule has 2 atom stereocenters. The Morgan fingerprint density at radius 3 is 2.80 bits per heavy atom. The van der Waals surface area contributed by atoms with E-state index in [4.69, 9.17) is 0 Å². The van der Waals surface area contributed by atoms with Gasteiger partial charge in [0, 0.05) is 24.7 Å². The summed E-state index contributed by atoms with van der Waals surface area (Å²) in [4.78, 5) is 17.2. The maximum Gasteiger partial charge on any atom is 0.176 e. The summed E-state index contributed by atoms with van der Waals surface area (Å²) in [5.41, 5.74) is 0.843. The standard InChI is InChI=1S/C17H24N2O/c1-18-10-5-8-15-12-19(11-9-16(15)18)13-17(20)14-6-3-2-4-7-14/h2-4,6-7,15-16H,5,8-13H2,1H3. The number of ketones is 1. The predicted molar refractivity (Wildman–Crippen MR) is 81.0 cm³/mol. The highest BCUT2D eigenvalue weighted by atomic mass is 16.1. The highest BCUT2D eigenvalue weighted by molar-refractivity contribution is 5.97. The maximum absolute atomic E-state index is 12.3. The van der Waals surface area contributed by atoms with Crippen molar-refractivity contribution in [3.63, 3.8) is 0 Å². The lowest BCUT2D eigenvalue weighted by atomic mass is 9.84. The molecule has 108 valence electrons. The molecule has 0 bridgehead atoms. The summed E-state index contributed by atoms with van der Waals surface area (Å²) >= 11 is 0. The summed E-state index contributed by atoms with van der Waals surface area (Å²) < 4.78 is 0. The molecule has 0 amide bonds. The van der Waals surface area contributed by atoms with Crippen molar-refractivity contribution in [2.24, 2.45) is 5.92 Å². The van der Waals surface area contributed by atoms with Gasteiger partial charge in [-0.3, -0.25) is 9.69 Å². The molecule has 3 heteroatoms. The summed E-state index contributed by atoms with van der Waals surface area (Å²) in [7, 11) is 2.25. The van der Waals surface area contributed by atoms with Crippen molar-refractivity contribution in [3.05, 3.63) is 35.9 Å². The Morgan fingerprint density at radius 1 is 1.20 bits per heavy atom. The molecule has 2 fully saturated rings. The van der Waals surface area contributed by atoms with Gasteiger partial charge >= 0.3 is 0 Å². The average molecular weight is 272 g/mol. The first-order chi connectivity index (χ1) is 9.74. The van der Waals surface area contributed by atoms with E-state index in [0.717, 1.165) is 30.6 Å². The van der Waals surface area contributed by atoms with Crippen molar-refractivity contribution < 1.29 is 4.79 Å². The molecule has 3 nitrogen and oxygen atoms in total. The highest BCUT2D eigenvalue weighted by Crippen LogP contribution is 2.29. The van der Waals surface area contributed by atoms with Crippen LogP contribution in [0.25, 0.3) is 0 Å². The molecule has 0 aromatic heterocycles. The zero-order valence-corrected chi connectivity index (χ0v) is 12.3. The molecule has 2 aliphatic rings. The molecule has 20 heavy (non-hydrogen) atoms. The van der Waals surface area contributed by atoms with Crippen LogP contribution < -0.4 is 0 Å². The van der Waals surface area contributed by atoms with E-state index in [1.54, 1.807) is 0 Å². The molecule has 2 aliphatic heterocycles. The fourth-order valence-electron chi connectivity index (χ4n) is 3.79. The van der Waals surface area contributed by atoms with Gasteiger partial charge in [0.05, 0.1) is 6.54 Å². The lowest BCUT2D eigenvalue weighted by Gasteiger charge is -2.45. The minimum atomic E-state index is 0.258. The number of piperidine rings is 2. The summed E-state index contributed by atoms with van der Waals surface area (Å²) in [6.07, 6.45) is 3.84. The Bertz CT molecular complexity index is 459. The number of hydrogen-bond donors (Lipinski definition) is 0. The van der Waals surface area contributed by atoms with Gasteiger partial charge in [-0.2, -0.15) is 0 Å². The third-order valence-corrected chi connectivity index (χ3v) is 4.89. The van der Waals surface area contributed by atoms with Crippen molar-refractivity contribution in [2.45, 2.75) is 25.3 Å². The lowest BCUT2D eigenvalue weighted by Crippen LogP contribution is -2.53. The zero-order valence-electron chi connectivity index (χ0n) is 12.3. The topological polar surface area (TPSA) is 23.6 Å². The molecule has 2 saturated heterocycles. The number of benzene rings is 1. The number of nitrogens with zero attached hydrogens (tertiary/aromatic N) is 2. The van der Waals surface area contributed by atoms with Gasteiger partial charge in [0.2, 0.25) is 0 Å². The van der Waals surface area contributed by atoms with E-state index >= 15 is 0 Å². The number of hydrogen-bond acceptors (Lipinski definition) is 3. The predicted octanol–water partition coefficient (Wildman–Crippen LogP) is 2.29. The van der Waals surface area contributed by atoms with Crippen LogP contribution in [0.5, 0.6) is 0 Å². The Morgan fingerprint density at radius 2 is 2.00 bits per heavy atom. The van der Waals surface area contributed by atoms with Crippen LogP contribution >= 0.6 is 0 Å².